The standard InChI is InChI=1S/C11H11ClN2O2S/c1-6-5-13-11(17-6)7(2)14-10(15)8-3-4-16-9(8)12/h3-5,7H,1-2H3,(H,14,15). The predicted octanol–water partition coefficient (Wildman–Crippen LogP) is 3.19. The van der Waals surface area contributed by atoms with E-state index in [0.29, 0.717) is 5.56 Å². The number of nitrogens with zero attached hydrogens (tertiary/aromatic N) is 1. The molecule has 2 heterocycles. The second kappa shape index (κ2) is 4.89. The van der Waals surface area contributed by atoms with Crippen LogP contribution in [0.1, 0.15) is 33.2 Å². The summed E-state index contributed by atoms with van der Waals surface area (Å²) in [5, 5.41) is 3.79. The Labute approximate surface area is 108 Å². The Morgan fingerprint density at radius 3 is 2.94 bits per heavy atom. The number of rotatable bonds is 3. The molecule has 0 saturated carbocycles. The molecular formula is C11H11ClN2O2S. The van der Waals surface area contributed by atoms with Crippen LogP contribution in [0.25, 0.3) is 0 Å². The van der Waals surface area contributed by atoms with E-state index in [0.717, 1.165) is 9.88 Å². The molecule has 0 radical (unpaired) electrons. The van der Waals surface area contributed by atoms with Gasteiger partial charge in [0.1, 0.15) is 5.01 Å². The van der Waals surface area contributed by atoms with Gasteiger partial charge in [-0.2, -0.15) is 0 Å². The third kappa shape index (κ3) is 2.68. The van der Waals surface area contributed by atoms with Crippen molar-refractivity contribution in [3.63, 3.8) is 0 Å². The Bertz CT molecular complexity index is 535. The minimum Gasteiger partial charge on any atom is -0.452 e. The topological polar surface area (TPSA) is 55.1 Å². The molecule has 1 N–H and O–H groups in total. The predicted molar refractivity (Wildman–Crippen MR) is 66.5 cm³/mol. The van der Waals surface area contributed by atoms with Crippen LogP contribution in [0.4, 0.5) is 0 Å². The number of amides is 1. The SMILES string of the molecule is Cc1cnc(C(C)NC(=O)c2ccoc2Cl)s1. The van der Waals surface area contributed by atoms with E-state index < -0.39 is 0 Å². The summed E-state index contributed by atoms with van der Waals surface area (Å²) >= 11 is 7.28. The molecule has 2 aromatic rings. The number of carbonyl (C=O) groups excluding carboxylic acids is 1. The third-order valence-corrected chi connectivity index (χ3v) is 3.61. The molecule has 0 aliphatic heterocycles. The smallest absolute Gasteiger partial charge is 0.256 e. The summed E-state index contributed by atoms with van der Waals surface area (Å²) in [7, 11) is 0. The molecule has 0 bridgehead atoms. The van der Waals surface area contributed by atoms with E-state index in [2.05, 4.69) is 10.3 Å². The van der Waals surface area contributed by atoms with Gasteiger partial charge in [-0.25, -0.2) is 4.98 Å². The molecule has 1 atom stereocenters. The van der Waals surface area contributed by atoms with E-state index in [1.54, 1.807) is 17.5 Å². The molecule has 4 nitrogen and oxygen atoms in total. The van der Waals surface area contributed by atoms with Crippen LogP contribution in [0.5, 0.6) is 0 Å². The minimum absolute atomic E-state index is 0.102. The Kier molecular flexibility index (Phi) is 3.49. The number of thiazole rings is 1. The van der Waals surface area contributed by atoms with Crippen LogP contribution in [-0.4, -0.2) is 10.9 Å². The van der Waals surface area contributed by atoms with Gasteiger partial charge in [0.25, 0.3) is 5.91 Å². The maximum atomic E-state index is 11.8. The first-order valence-electron chi connectivity index (χ1n) is 5.04. The number of aryl methyl sites for hydroxylation is 1. The summed E-state index contributed by atoms with van der Waals surface area (Å²) in [6, 6.07) is 1.39. The number of halogens is 1. The van der Waals surface area contributed by atoms with Crippen molar-refractivity contribution in [3.8, 4) is 0 Å². The van der Waals surface area contributed by atoms with E-state index in [1.165, 1.54) is 12.3 Å². The van der Waals surface area contributed by atoms with Crippen molar-refractivity contribution in [2.24, 2.45) is 0 Å². The van der Waals surface area contributed by atoms with Gasteiger partial charge in [0.15, 0.2) is 0 Å². The van der Waals surface area contributed by atoms with Gasteiger partial charge < -0.3 is 9.73 Å². The Balaban J connectivity index is 2.07. The van der Waals surface area contributed by atoms with Gasteiger partial charge in [0.2, 0.25) is 5.22 Å². The maximum Gasteiger partial charge on any atom is 0.256 e. The van der Waals surface area contributed by atoms with Gasteiger partial charge in [-0.05, 0) is 31.5 Å². The molecule has 0 fully saturated rings. The summed E-state index contributed by atoms with van der Waals surface area (Å²) < 4.78 is 4.87. The molecule has 1 amide bonds. The number of furan rings is 1. The molecule has 0 aliphatic rings. The largest absolute Gasteiger partial charge is 0.452 e. The highest BCUT2D eigenvalue weighted by molar-refractivity contribution is 7.11. The summed E-state index contributed by atoms with van der Waals surface area (Å²) in [6.07, 6.45) is 3.17. The highest BCUT2D eigenvalue weighted by Crippen LogP contribution is 2.21. The molecule has 0 spiro atoms. The number of hydrogen-bond donors (Lipinski definition) is 1. The Morgan fingerprint density at radius 2 is 2.41 bits per heavy atom. The minimum atomic E-state index is -0.260. The van der Waals surface area contributed by atoms with Gasteiger partial charge in [-0.1, -0.05) is 0 Å². The van der Waals surface area contributed by atoms with Crippen molar-refractivity contribution in [1.29, 1.82) is 0 Å². The van der Waals surface area contributed by atoms with E-state index in [-0.39, 0.29) is 17.2 Å². The lowest BCUT2D eigenvalue weighted by molar-refractivity contribution is 0.0939. The van der Waals surface area contributed by atoms with Crippen LogP contribution in [-0.2, 0) is 0 Å². The average molecular weight is 271 g/mol. The van der Waals surface area contributed by atoms with Crippen LogP contribution >= 0.6 is 22.9 Å². The lowest BCUT2D eigenvalue weighted by atomic mass is 10.3. The van der Waals surface area contributed by atoms with E-state index in [9.17, 15) is 4.79 Å². The molecule has 2 rings (SSSR count). The van der Waals surface area contributed by atoms with Crippen molar-refractivity contribution in [2.45, 2.75) is 19.9 Å². The fraction of sp³-hybridized carbons (Fsp3) is 0.273. The Morgan fingerprint density at radius 1 is 1.65 bits per heavy atom. The van der Waals surface area contributed by atoms with Crippen molar-refractivity contribution in [2.75, 3.05) is 0 Å². The van der Waals surface area contributed by atoms with Crippen LogP contribution in [0.2, 0.25) is 5.22 Å². The highest BCUT2D eigenvalue weighted by atomic mass is 35.5. The Hall–Kier alpha value is -1.33. The highest BCUT2D eigenvalue weighted by Gasteiger charge is 2.17. The summed E-state index contributed by atoms with van der Waals surface area (Å²) in [5.41, 5.74) is 0.340. The van der Waals surface area contributed by atoms with Crippen molar-refractivity contribution >= 4 is 28.8 Å². The normalized spacial score (nSPS) is 12.4. The van der Waals surface area contributed by atoms with Crippen LogP contribution < -0.4 is 5.32 Å². The summed E-state index contributed by atoms with van der Waals surface area (Å²) in [5.74, 6) is -0.260. The van der Waals surface area contributed by atoms with Crippen molar-refractivity contribution in [1.82, 2.24) is 10.3 Å². The first kappa shape index (κ1) is 12.1. The molecule has 17 heavy (non-hydrogen) atoms. The fourth-order valence-corrected chi connectivity index (χ4v) is 2.34. The number of aromatic nitrogens is 1. The fourth-order valence-electron chi connectivity index (χ4n) is 1.36. The second-order valence-electron chi connectivity index (χ2n) is 3.61. The van der Waals surface area contributed by atoms with E-state index in [1.807, 2.05) is 13.8 Å². The zero-order chi connectivity index (χ0) is 12.4. The van der Waals surface area contributed by atoms with Gasteiger partial charge in [-0.15, -0.1) is 11.3 Å². The molecule has 1 unspecified atom stereocenters. The maximum absolute atomic E-state index is 11.8. The zero-order valence-corrected chi connectivity index (χ0v) is 10.9. The quantitative estimate of drug-likeness (QED) is 0.932. The van der Waals surface area contributed by atoms with Crippen molar-refractivity contribution < 1.29 is 9.21 Å². The summed E-state index contributed by atoms with van der Waals surface area (Å²) in [6.45, 7) is 3.85. The monoisotopic (exact) mass is 270 g/mol. The number of nitrogens with one attached hydrogen (secondary N) is 1. The van der Waals surface area contributed by atoms with E-state index >= 15 is 0 Å². The first-order valence-corrected chi connectivity index (χ1v) is 6.23. The lowest BCUT2D eigenvalue weighted by Gasteiger charge is -2.10. The van der Waals surface area contributed by atoms with Crippen LogP contribution in [0.3, 0.4) is 0 Å². The lowest BCUT2D eigenvalue weighted by Crippen LogP contribution is -2.26. The van der Waals surface area contributed by atoms with Gasteiger partial charge >= 0.3 is 0 Å². The average Bonchev–Trinajstić information content (AvgIpc) is 2.86. The molecule has 0 saturated heterocycles. The zero-order valence-electron chi connectivity index (χ0n) is 9.36. The number of carbonyl (C=O) groups is 1. The van der Waals surface area contributed by atoms with Crippen LogP contribution in [0.15, 0.2) is 22.9 Å². The molecule has 6 heteroatoms. The molecule has 0 aromatic carbocycles. The first-order chi connectivity index (χ1) is 8.08. The molecular weight excluding hydrogens is 260 g/mol. The van der Waals surface area contributed by atoms with Crippen LogP contribution in [0, 0.1) is 6.92 Å². The van der Waals surface area contributed by atoms with Gasteiger partial charge in [0, 0.05) is 11.1 Å². The third-order valence-electron chi connectivity index (χ3n) is 2.22. The van der Waals surface area contributed by atoms with E-state index in [4.69, 9.17) is 16.0 Å². The molecule has 2 aromatic heterocycles. The number of hydrogen-bond acceptors (Lipinski definition) is 4. The van der Waals surface area contributed by atoms with Gasteiger partial charge in [-0.3, -0.25) is 4.79 Å². The molecule has 0 aliphatic carbocycles. The summed E-state index contributed by atoms with van der Waals surface area (Å²) in [4.78, 5) is 17.2. The van der Waals surface area contributed by atoms with Crippen molar-refractivity contribution in [3.05, 3.63) is 39.2 Å². The molecule has 90 valence electrons. The second-order valence-corrected chi connectivity index (χ2v) is 5.22. The van der Waals surface area contributed by atoms with Gasteiger partial charge in [0.05, 0.1) is 17.9 Å².